The van der Waals surface area contributed by atoms with Crippen LogP contribution in [0.5, 0.6) is 5.75 Å². The summed E-state index contributed by atoms with van der Waals surface area (Å²) >= 11 is 0. The van der Waals surface area contributed by atoms with E-state index in [1.54, 1.807) is 0 Å². The molecule has 1 aromatic rings. The van der Waals surface area contributed by atoms with Crippen LogP contribution in [0.1, 0.15) is 45.2 Å². The van der Waals surface area contributed by atoms with Gasteiger partial charge in [0.1, 0.15) is 29.7 Å². The van der Waals surface area contributed by atoms with Crippen LogP contribution in [0.25, 0.3) is 0 Å². The van der Waals surface area contributed by atoms with Gasteiger partial charge in [-0.3, -0.25) is 19.2 Å². The second-order valence-electron chi connectivity index (χ2n) is 10.9. The fourth-order valence-electron chi connectivity index (χ4n) is 5.70. The number of piperidine rings is 1. The quantitative estimate of drug-likeness (QED) is 0.425. The molecule has 1 aliphatic carbocycles. The lowest BCUT2D eigenvalue weighted by molar-refractivity contribution is 0.0666. The van der Waals surface area contributed by atoms with E-state index >= 15 is 8.78 Å². The monoisotopic (exact) mass is 503 g/mol. The number of allylic oxidation sites excluding steroid dienone is 4. The maximum atomic E-state index is 15.6. The fraction of sp³-hybridized carbons (Fsp3) is 0.536. The third-order valence-electron chi connectivity index (χ3n) is 7.40. The van der Waals surface area contributed by atoms with Crippen molar-refractivity contribution in [3.05, 3.63) is 64.4 Å². The predicted octanol–water partition coefficient (Wildman–Crippen LogP) is 5.72. The van der Waals surface area contributed by atoms with Crippen LogP contribution in [0.2, 0.25) is 0 Å². The molecule has 194 valence electrons. The first-order valence-electron chi connectivity index (χ1n) is 12.7. The molecule has 5 rings (SSSR count). The summed E-state index contributed by atoms with van der Waals surface area (Å²) in [6.07, 6.45) is 7.28. The SMILES string of the molecule is C[C@H]1CC2=C3CC=CC=C3N=C2[C@@H](c2c(F)cc(OCCN3CC(CF)C3)cc2F)N1CC(C)(C)F. The number of alkyl halides is 2. The highest BCUT2D eigenvalue weighted by atomic mass is 19.1. The molecule has 36 heavy (non-hydrogen) atoms. The molecular formula is C28H33F4N3O. The molecule has 3 heterocycles. The molecule has 2 atom stereocenters. The Morgan fingerprint density at radius 3 is 2.53 bits per heavy atom. The maximum absolute atomic E-state index is 15.6. The molecule has 4 aliphatic rings. The first-order valence-corrected chi connectivity index (χ1v) is 12.7. The molecule has 8 heteroatoms. The van der Waals surface area contributed by atoms with Crippen LogP contribution in [0.3, 0.4) is 0 Å². The minimum absolute atomic E-state index is 0.0185. The zero-order valence-electron chi connectivity index (χ0n) is 21.0. The van der Waals surface area contributed by atoms with Crippen molar-refractivity contribution in [2.45, 2.75) is 51.4 Å². The highest BCUT2D eigenvalue weighted by Crippen LogP contribution is 2.46. The summed E-state index contributed by atoms with van der Waals surface area (Å²) in [5.74, 6) is -1.30. The molecule has 0 spiro atoms. The van der Waals surface area contributed by atoms with E-state index in [1.807, 2.05) is 35.0 Å². The molecule has 0 N–H and O–H groups in total. The zero-order chi connectivity index (χ0) is 25.6. The Morgan fingerprint density at radius 1 is 1.14 bits per heavy atom. The Morgan fingerprint density at radius 2 is 1.86 bits per heavy atom. The Hall–Kier alpha value is -2.45. The molecule has 2 fully saturated rings. The van der Waals surface area contributed by atoms with Gasteiger partial charge in [-0.1, -0.05) is 12.2 Å². The Balaban J connectivity index is 1.44. The molecule has 2 saturated heterocycles. The first-order chi connectivity index (χ1) is 17.1. The lowest BCUT2D eigenvalue weighted by Gasteiger charge is -2.44. The molecule has 4 nitrogen and oxygen atoms in total. The summed E-state index contributed by atoms with van der Waals surface area (Å²) in [5, 5.41) is 0. The molecular weight excluding hydrogens is 470 g/mol. The first kappa shape index (κ1) is 25.2. The lowest BCUT2D eigenvalue weighted by atomic mass is 9.82. The van der Waals surface area contributed by atoms with Crippen LogP contribution in [0.15, 0.2) is 52.2 Å². The number of likely N-dealkylation sites (tertiary alicyclic amines) is 2. The van der Waals surface area contributed by atoms with Crippen LogP contribution >= 0.6 is 0 Å². The summed E-state index contributed by atoms with van der Waals surface area (Å²) < 4.78 is 64.4. The Labute approximate surface area is 210 Å². The topological polar surface area (TPSA) is 28.1 Å². The van der Waals surface area contributed by atoms with Gasteiger partial charge in [-0.2, -0.15) is 0 Å². The van der Waals surface area contributed by atoms with Crippen molar-refractivity contribution in [2.24, 2.45) is 10.9 Å². The van der Waals surface area contributed by atoms with Crippen molar-refractivity contribution in [1.82, 2.24) is 9.80 Å². The summed E-state index contributed by atoms with van der Waals surface area (Å²) in [7, 11) is 0. The van der Waals surface area contributed by atoms with Crippen molar-refractivity contribution < 1.29 is 22.3 Å². The van der Waals surface area contributed by atoms with Crippen LogP contribution in [0.4, 0.5) is 17.6 Å². The molecule has 0 bridgehead atoms. The van der Waals surface area contributed by atoms with E-state index in [9.17, 15) is 8.78 Å². The fourth-order valence-corrected chi connectivity index (χ4v) is 5.70. The third-order valence-corrected chi connectivity index (χ3v) is 7.40. The number of fused-ring (bicyclic) bond motifs is 2. The molecule has 0 aromatic heterocycles. The molecule has 0 unspecified atom stereocenters. The lowest BCUT2D eigenvalue weighted by Crippen LogP contribution is -2.50. The number of aliphatic imine (C=N–C) groups is 1. The molecule has 1 aromatic carbocycles. The molecule has 3 aliphatic heterocycles. The molecule has 0 amide bonds. The van der Waals surface area contributed by atoms with Gasteiger partial charge in [-0.25, -0.2) is 13.2 Å². The normalized spacial score (nSPS) is 24.9. The minimum atomic E-state index is -1.56. The smallest absolute Gasteiger partial charge is 0.135 e. The van der Waals surface area contributed by atoms with Gasteiger partial charge in [0.25, 0.3) is 0 Å². The number of rotatable bonds is 8. The largest absolute Gasteiger partial charge is 0.492 e. The summed E-state index contributed by atoms with van der Waals surface area (Å²) in [5.41, 5.74) is 1.84. The summed E-state index contributed by atoms with van der Waals surface area (Å²) in [4.78, 5) is 8.68. The van der Waals surface area contributed by atoms with E-state index in [4.69, 9.17) is 9.73 Å². The van der Waals surface area contributed by atoms with Crippen molar-refractivity contribution in [1.29, 1.82) is 0 Å². The molecule has 0 saturated carbocycles. The Bertz CT molecular complexity index is 1120. The van der Waals surface area contributed by atoms with Crippen LogP contribution in [-0.4, -0.2) is 66.7 Å². The Kier molecular flexibility index (Phi) is 6.85. The number of hydrogen-bond acceptors (Lipinski definition) is 4. The van der Waals surface area contributed by atoms with E-state index in [0.29, 0.717) is 31.8 Å². The van der Waals surface area contributed by atoms with Crippen molar-refractivity contribution >= 4 is 5.71 Å². The van der Waals surface area contributed by atoms with Crippen molar-refractivity contribution in [3.63, 3.8) is 0 Å². The van der Waals surface area contributed by atoms with E-state index in [2.05, 4.69) is 0 Å². The van der Waals surface area contributed by atoms with E-state index in [-0.39, 0.29) is 43.1 Å². The second kappa shape index (κ2) is 9.78. The van der Waals surface area contributed by atoms with Crippen LogP contribution in [-0.2, 0) is 0 Å². The van der Waals surface area contributed by atoms with Crippen molar-refractivity contribution in [2.75, 3.05) is 39.5 Å². The van der Waals surface area contributed by atoms with Gasteiger partial charge in [0, 0.05) is 55.8 Å². The summed E-state index contributed by atoms with van der Waals surface area (Å²) in [6.45, 7) is 6.79. The van der Waals surface area contributed by atoms with Gasteiger partial charge in [0.05, 0.1) is 24.1 Å². The number of benzene rings is 1. The van der Waals surface area contributed by atoms with Gasteiger partial charge in [-0.15, -0.1) is 0 Å². The average molecular weight is 504 g/mol. The minimum Gasteiger partial charge on any atom is -0.492 e. The van der Waals surface area contributed by atoms with Crippen molar-refractivity contribution in [3.8, 4) is 5.75 Å². The van der Waals surface area contributed by atoms with E-state index in [0.717, 1.165) is 23.3 Å². The van der Waals surface area contributed by atoms with Crippen LogP contribution in [0, 0.1) is 17.6 Å². The standard InChI is InChI=1S/C28H33F4N3O/c1-17-10-21-20-6-4-5-7-24(20)33-26(21)27(35(17)16-28(2,3)32)25-22(30)11-19(12-23(25)31)36-9-8-34-14-18(13-29)15-34/h4-5,7,11-12,17-18,27H,6,8-10,13-16H2,1-3H3/t17-,27+/m0/s1. The van der Waals surface area contributed by atoms with E-state index < -0.39 is 23.3 Å². The highest BCUT2D eigenvalue weighted by Gasteiger charge is 2.44. The van der Waals surface area contributed by atoms with Gasteiger partial charge in [0.2, 0.25) is 0 Å². The van der Waals surface area contributed by atoms with E-state index in [1.165, 1.54) is 26.0 Å². The third kappa shape index (κ3) is 4.90. The number of halogens is 4. The second-order valence-corrected chi connectivity index (χ2v) is 10.9. The number of ether oxygens (including phenoxy) is 1. The van der Waals surface area contributed by atoms with Gasteiger partial charge in [-0.05, 0) is 50.8 Å². The predicted molar refractivity (Wildman–Crippen MR) is 133 cm³/mol. The maximum Gasteiger partial charge on any atom is 0.135 e. The van der Waals surface area contributed by atoms with Gasteiger partial charge < -0.3 is 4.74 Å². The molecule has 0 radical (unpaired) electrons. The summed E-state index contributed by atoms with van der Waals surface area (Å²) in [6, 6.07) is 1.43. The van der Waals surface area contributed by atoms with Gasteiger partial charge >= 0.3 is 0 Å². The average Bonchev–Trinajstić information content (AvgIpc) is 3.14. The zero-order valence-corrected chi connectivity index (χ0v) is 21.0. The van der Waals surface area contributed by atoms with Gasteiger partial charge in [0.15, 0.2) is 0 Å². The number of hydrogen-bond donors (Lipinski definition) is 0. The highest BCUT2D eigenvalue weighted by molar-refractivity contribution is 6.09. The number of nitrogens with zero attached hydrogens (tertiary/aromatic N) is 3. The van der Waals surface area contributed by atoms with Crippen LogP contribution < -0.4 is 4.74 Å².